The van der Waals surface area contributed by atoms with Crippen molar-refractivity contribution < 1.29 is 8.83 Å². The third-order valence-electron chi connectivity index (χ3n) is 8.86. The van der Waals surface area contributed by atoms with Crippen molar-refractivity contribution in [3.63, 3.8) is 0 Å². The topological polar surface area (TPSA) is 30.7 Å². The number of para-hydroxylation sites is 2. The minimum atomic E-state index is 0.907. The van der Waals surface area contributed by atoms with Gasteiger partial charge in [-0.25, -0.2) is 0 Å². The minimum Gasteiger partial charge on any atom is -0.454 e. The van der Waals surface area contributed by atoms with Crippen LogP contribution >= 0.6 is 0 Å². The average Bonchev–Trinajstić information content (AvgIpc) is 3.73. The monoisotopic (exact) mass is 511 g/mol. The lowest BCUT2D eigenvalue weighted by molar-refractivity contribution is 0.670. The normalized spacial score (nSPS) is 12.6. The van der Waals surface area contributed by atoms with E-state index in [0.717, 1.165) is 54.9 Å². The number of aryl methyl sites for hydroxylation is 1. The van der Waals surface area contributed by atoms with Crippen molar-refractivity contribution in [2.75, 3.05) is 0 Å². The summed E-state index contributed by atoms with van der Waals surface area (Å²) in [4.78, 5) is 0. The van der Waals surface area contributed by atoms with Crippen LogP contribution in [0.25, 0.3) is 93.1 Å². The Hall–Kier alpha value is -5.28. The number of aromatic nitrogens is 1. The van der Waals surface area contributed by atoms with Crippen LogP contribution in [0.15, 0.2) is 118 Å². The van der Waals surface area contributed by atoms with E-state index in [-0.39, 0.29) is 0 Å². The second kappa shape index (κ2) is 7.02. The molecule has 0 saturated heterocycles. The Morgan fingerprint density at radius 3 is 1.52 bits per heavy atom. The lowest BCUT2D eigenvalue weighted by Crippen LogP contribution is -1.83. The molecule has 0 aliphatic rings. The van der Waals surface area contributed by atoms with Gasteiger partial charge in [0.15, 0.2) is 11.2 Å². The first-order valence-electron chi connectivity index (χ1n) is 13.7. The molecule has 0 aliphatic heterocycles. The summed E-state index contributed by atoms with van der Waals surface area (Å²) >= 11 is 0. The van der Waals surface area contributed by atoms with Crippen LogP contribution in [0.5, 0.6) is 0 Å². The Kier molecular flexibility index (Phi) is 3.62. The molecular weight excluding hydrogens is 490 g/mol. The highest BCUT2D eigenvalue weighted by Gasteiger charge is 2.25. The van der Waals surface area contributed by atoms with Gasteiger partial charge in [-0.15, -0.1) is 0 Å². The van der Waals surface area contributed by atoms with E-state index in [2.05, 4.69) is 108 Å². The Labute approximate surface area is 227 Å². The summed E-state index contributed by atoms with van der Waals surface area (Å²) in [5.74, 6) is 0. The molecule has 6 aromatic carbocycles. The van der Waals surface area contributed by atoms with Gasteiger partial charge in [0.2, 0.25) is 0 Å². The zero-order valence-electron chi connectivity index (χ0n) is 21.7. The molecule has 0 fully saturated rings. The molecule has 0 amide bonds. The molecule has 3 nitrogen and oxygen atoms in total. The molecule has 0 aliphatic carbocycles. The number of fused-ring (bicyclic) bond motifs is 14. The van der Waals surface area contributed by atoms with Crippen LogP contribution in [0.4, 0.5) is 0 Å². The van der Waals surface area contributed by atoms with Gasteiger partial charge >= 0.3 is 0 Å². The van der Waals surface area contributed by atoms with Gasteiger partial charge in [-0.05, 0) is 60.0 Å². The van der Waals surface area contributed by atoms with Gasteiger partial charge < -0.3 is 13.2 Å². The van der Waals surface area contributed by atoms with Crippen molar-refractivity contribution >= 4 is 82.0 Å². The van der Waals surface area contributed by atoms with Crippen LogP contribution in [0.3, 0.4) is 0 Å². The van der Waals surface area contributed by atoms with Crippen molar-refractivity contribution in [2.24, 2.45) is 0 Å². The predicted octanol–water partition coefficient (Wildman–Crippen LogP) is 10.6. The predicted molar refractivity (Wildman–Crippen MR) is 166 cm³/mol. The second-order valence-electron chi connectivity index (χ2n) is 10.9. The fourth-order valence-electron chi connectivity index (χ4n) is 7.10. The van der Waals surface area contributed by atoms with Crippen LogP contribution in [0, 0.1) is 6.92 Å². The molecule has 0 spiro atoms. The fraction of sp³-hybridized carbons (Fsp3) is 0.0270. The highest BCUT2D eigenvalue weighted by molar-refractivity contribution is 6.31. The minimum absolute atomic E-state index is 0.907. The second-order valence-corrected chi connectivity index (χ2v) is 10.9. The molecule has 0 atom stereocenters. The zero-order chi connectivity index (χ0) is 26.1. The first-order valence-corrected chi connectivity index (χ1v) is 13.7. The summed E-state index contributed by atoms with van der Waals surface area (Å²) in [6.07, 6.45) is 0. The zero-order valence-corrected chi connectivity index (χ0v) is 21.7. The Balaban J connectivity index is 1.52. The lowest BCUT2D eigenvalue weighted by Gasteiger charge is -2.07. The lowest BCUT2D eigenvalue weighted by atomic mass is 9.96. The van der Waals surface area contributed by atoms with Gasteiger partial charge in [0.1, 0.15) is 11.2 Å². The van der Waals surface area contributed by atoms with Crippen molar-refractivity contribution in [3.8, 4) is 11.1 Å². The Morgan fingerprint density at radius 1 is 0.450 bits per heavy atom. The Morgan fingerprint density at radius 2 is 0.950 bits per heavy atom. The first-order chi connectivity index (χ1) is 19.8. The van der Waals surface area contributed by atoms with Crippen LogP contribution in [-0.4, -0.2) is 4.40 Å². The largest absolute Gasteiger partial charge is 0.454 e. The molecule has 4 heterocycles. The molecule has 0 bridgehead atoms. The molecule has 0 unspecified atom stereocenters. The van der Waals surface area contributed by atoms with Crippen LogP contribution in [0.2, 0.25) is 0 Å². The molecule has 3 heteroatoms. The number of furan rings is 2. The Bertz CT molecular complexity index is 2500. The van der Waals surface area contributed by atoms with Crippen LogP contribution in [-0.2, 0) is 0 Å². The third-order valence-corrected chi connectivity index (χ3v) is 8.86. The average molecular weight is 512 g/mol. The van der Waals surface area contributed by atoms with Crippen molar-refractivity contribution in [2.45, 2.75) is 6.92 Å². The number of hydrogen-bond acceptors (Lipinski definition) is 2. The summed E-state index contributed by atoms with van der Waals surface area (Å²) in [5.41, 5.74) is 10.8. The van der Waals surface area contributed by atoms with Gasteiger partial charge in [-0.1, -0.05) is 72.8 Å². The summed E-state index contributed by atoms with van der Waals surface area (Å²) in [5, 5.41) is 9.38. The van der Waals surface area contributed by atoms with Gasteiger partial charge in [0.25, 0.3) is 0 Å². The number of nitrogens with zero attached hydrogens (tertiary/aromatic N) is 1. The van der Waals surface area contributed by atoms with Crippen molar-refractivity contribution in [1.82, 2.24) is 4.40 Å². The summed E-state index contributed by atoms with van der Waals surface area (Å²) in [6, 6.07) is 39.0. The molecular formula is C37H21NO2. The number of benzene rings is 6. The van der Waals surface area contributed by atoms with E-state index in [9.17, 15) is 0 Å². The van der Waals surface area contributed by atoms with Crippen LogP contribution in [0.1, 0.15) is 5.56 Å². The van der Waals surface area contributed by atoms with E-state index < -0.39 is 0 Å². The van der Waals surface area contributed by atoms with E-state index >= 15 is 0 Å². The van der Waals surface area contributed by atoms with Gasteiger partial charge in [0, 0.05) is 43.1 Å². The molecule has 0 N–H and O–H groups in total. The number of rotatable bonds is 1. The molecule has 40 heavy (non-hydrogen) atoms. The van der Waals surface area contributed by atoms with Crippen LogP contribution < -0.4 is 0 Å². The SMILES string of the molecule is Cc1ccccc1-c1cc2c3ccc4c5ccccc5oc4c3n3c2c(c1)c1ccc2c4ccccc4oc2c13. The highest BCUT2D eigenvalue weighted by atomic mass is 16.3. The van der Waals surface area contributed by atoms with Crippen molar-refractivity contribution in [3.05, 3.63) is 115 Å². The molecule has 0 saturated carbocycles. The van der Waals surface area contributed by atoms with Gasteiger partial charge in [-0.3, -0.25) is 0 Å². The summed E-state index contributed by atoms with van der Waals surface area (Å²) in [6.45, 7) is 2.19. The van der Waals surface area contributed by atoms with E-state index in [1.54, 1.807) is 0 Å². The maximum Gasteiger partial charge on any atom is 0.160 e. The molecule has 186 valence electrons. The van der Waals surface area contributed by atoms with Gasteiger partial charge in [-0.2, -0.15) is 0 Å². The molecule has 0 radical (unpaired) electrons. The van der Waals surface area contributed by atoms with E-state index in [4.69, 9.17) is 8.83 Å². The molecule has 10 rings (SSSR count). The van der Waals surface area contributed by atoms with Crippen molar-refractivity contribution in [1.29, 1.82) is 0 Å². The summed E-state index contributed by atoms with van der Waals surface area (Å²) < 4.78 is 15.7. The van der Waals surface area contributed by atoms with E-state index in [1.165, 1.54) is 43.8 Å². The maximum atomic E-state index is 6.63. The fourth-order valence-corrected chi connectivity index (χ4v) is 7.10. The summed E-state index contributed by atoms with van der Waals surface area (Å²) in [7, 11) is 0. The number of hydrogen-bond donors (Lipinski definition) is 0. The molecule has 10 aromatic rings. The molecule has 4 aromatic heterocycles. The third kappa shape index (κ3) is 2.38. The standard InChI is InChI=1S/C37H21NO2/c1-20-8-2-3-9-22(20)21-18-29-25-14-16-27-23-10-4-6-12-31(23)39-36(27)34(25)38-33(29)30(19-21)26-15-17-28-24-11-5-7-13-32(24)40-37(28)35(26)38/h2-19H,1H3. The van der Waals surface area contributed by atoms with E-state index in [0.29, 0.717) is 0 Å². The quantitative estimate of drug-likeness (QED) is 0.219. The van der Waals surface area contributed by atoms with Gasteiger partial charge in [0.05, 0.1) is 16.6 Å². The van der Waals surface area contributed by atoms with E-state index in [1.807, 2.05) is 12.1 Å². The first kappa shape index (κ1) is 20.7. The highest BCUT2D eigenvalue weighted by Crippen LogP contribution is 2.47. The maximum absolute atomic E-state index is 6.63. The smallest absolute Gasteiger partial charge is 0.160 e.